The third-order valence-electron chi connectivity index (χ3n) is 14.2. The zero-order valence-electron chi connectivity index (χ0n) is 41.9. The molecule has 14 atom stereocenters. The minimum absolute atomic E-state index is 0.0177. The lowest BCUT2D eigenvalue weighted by Crippen LogP contribution is -2.67. The lowest BCUT2D eigenvalue weighted by molar-refractivity contribution is -0.340. The number of ether oxygens (including phenoxy) is 9. The van der Waals surface area contributed by atoms with Gasteiger partial charge in [0, 0.05) is 18.8 Å². The zero-order valence-corrected chi connectivity index (χ0v) is 40.9. The first-order valence-corrected chi connectivity index (χ1v) is 25.3. The van der Waals surface area contributed by atoms with Crippen molar-refractivity contribution in [3.8, 4) is 0 Å². The van der Waals surface area contributed by atoms with Gasteiger partial charge in [-0.1, -0.05) is 148 Å². The summed E-state index contributed by atoms with van der Waals surface area (Å²) in [7, 11) is 0. The molecule has 70 heavy (non-hydrogen) atoms. The molecule has 2 saturated heterocycles. The highest BCUT2D eigenvalue weighted by molar-refractivity contribution is 5.78. The molecule has 4 aliphatic rings. The van der Waals surface area contributed by atoms with Crippen LogP contribution < -0.4 is 5.32 Å². The first-order chi connectivity index (χ1) is 34.6. The van der Waals surface area contributed by atoms with Gasteiger partial charge in [0.2, 0.25) is 5.91 Å². The molecule has 382 valence electrons. The number of hydrogen-bond donors (Lipinski definition) is 2. The number of carbonyl (C=O) groups excluding carboxylic acids is 2. The third kappa shape index (κ3) is 15.0. The van der Waals surface area contributed by atoms with Gasteiger partial charge in [0.15, 0.2) is 18.7 Å². The van der Waals surface area contributed by atoms with Gasteiger partial charge in [-0.25, -0.2) is 4.79 Å². The number of aliphatic hydroxyl groups excluding tert-OH is 1. The maximum atomic E-state index is 14.2. The van der Waals surface area contributed by atoms with Crippen LogP contribution in [-0.2, 0) is 72.0 Å². The molecule has 0 spiro atoms. The number of carbonyl (C=O) groups is 2. The van der Waals surface area contributed by atoms with E-state index in [0.29, 0.717) is 26.1 Å². The lowest BCUT2D eigenvalue weighted by atomic mass is 9.84. The van der Waals surface area contributed by atoms with Gasteiger partial charge in [-0.3, -0.25) is 4.79 Å². The lowest BCUT2D eigenvalue weighted by Gasteiger charge is -2.49. The van der Waals surface area contributed by atoms with Gasteiger partial charge in [0.05, 0.1) is 44.2 Å². The normalized spacial score (nSPS) is 31.1. The molecule has 5 unspecified atom stereocenters. The Balaban J connectivity index is 1.18. The molecule has 3 aromatic rings. The number of esters is 1. The van der Waals surface area contributed by atoms with Crippen molar-refractivity contribution < 1.29 is 58.7 Å². The van der Waals surface area contributed by atoms with Crippen molar-refractivity contribution >= 4 is 11.9 Å². The standard InChI is InChI=1S/C54H74N4O12/c1-5-62-34-44-47(60)50(67-43(29-38-20-10-6-11-21-38)52(61)65-33-41-26-16-9-17-27-41)46(57-45(59)30-56-58-55)53(69-44)68-42-28-18-19-35(2)48(42)70-54-51(64-32-40-24-14-8-15-25-40)49(36(3)37(4)66-54)63-31-39-22-12-7-13-23-39/h7-9,12-17,22-27,35-38,42-44,46-51,53-54,60H,5-6,10-11,18-21,28-34H2,1-4H3,(H,57,59)/t35?,36-,37?,42-,43+,44+,46?,47+,48-,49?,50?,51+,53-,54+/m1/s1/i1T. The fourth-order valence-electron chi connectivity index (χ4n) is 10.2. The van der Waals surface area contributed by atoms with Gasteiger partial charge in [-0.05, 0) is 67.1 Å². The molecule has 2 heterocycles. The minimum atomic E-state index is -1.45. The van der Waals surface area contributed by atoms with Crippen LogP contribution in [0.1, 0.15) is 104 Å². The smallest absolute Gasteiger partial charge is 0.335 e. The van der Waals surface area contributed by atoms with Crippen molar-refractivity contribution in [3.63, 3.8) is 0 Å². The van der Waals surface area contributed by atoms with E-state index in [9.17, 15) is 14.7 Å². The second kappa shape index (κ2) is 27.4. The van der Waals surface area contributed by atoms with E-state index in [1.54, 1.807) is 0 Å². The highest BCUT2D eigenvalue weighted by Gasteiger charge is 2.52. The molecule has 2 aliphatic heterocycles. The van der Waals surface area contributed by atoms with E-state index in [0.717, 1.165) is 61.6 Å². The minimum Gasteiger partial charge on any atom is -0.459 e. The number of benzene rings is 3. The van der Waals surface area contributed by atoms with Crippen LogP contribution in [0, 0.1) is 17.8 Å². The molecule has 2 N–H and O–H groups in total. The van der Waals surface area contributed by atoms with Crippen LogP contribution >= 0.6 is 0 Å². The molecule has 2 saturated carbocycles. The molecule has 16 heteroatoms. The van der Waals surface area contributed by atoms with Crippen LogP contribution in [0.3, 0.4) is 0 Å². The maximum Gasteiger partial charge on any atom is 0.335 e. The molecule has 16 nitrogen and oxygen atoms in total. The molecule has 3 aromatic carbocycles. The predicted octanol–water partition coefficient (Wildman–Crippen LogP) is 8.51. The molecular weight excluding hydrogens is 897 g/mol. The van der Waals surface area contributed by atoms with Gasteiger partial charge < -0.3 is 53.1 Å². The summed E-state index contributed by atoms with van der Waals surface area (Å²) in [6.07, 6.45) is -2.20. The monoisotopic (exact) mass is 973 g/mol. The topological polar surface area (TPSA) is 198 Å². The number of nitrogens with one attached hydrogen (secondary N) is 1. The van der Waals surface area contributed by atoms with Crippen LogP contribution in [0.4, 0.5) is 0 Å². The SMILES string of the molecule is [3H]CCOC[C@@H]1O[C@@H](O[C@@H]2CCCC(C)[C@H]2O[C@@H]2OC(C)[C@@H](C)C(OCc3ccccc3)[C@@H]2OCc2ccccc2)C(NC(=O)CN=[N+]=[N-])C(O[C@@H](CC2CCCCC2)C(=O)OCc2ccccc2)[C@H]1O. The van der Waals surface area contributed by atoms with Crippen molar-refractivity contribution in [2.24, 2.45) is 22.9 Å². The summed E-state index contributed by atoms with van der Waals surface area (Å²) in [6.45, 7) is 6.25. The first-order valence-electron chi connectivity index (χ1n) is 26.0. The Bertz CT molecular complexity index is 2090. The summed E-state index contributed by atoms with van der Waals surface area (Å²) in [4.78, 5) is 30.6. The number of azide groups is 1. The van der Waals surface area contributed by atoms with Gasteiger partial charge in [0.25, 0.3) is 0 Å². The summed E-state index contributed by atoms with van der Waals surface area (Å²) < 4.78 is 67.2. The van der Waals surface area contributed by atoms with E-state index >= 15 is 0 Å². The van der Waals surface area contributed by atoms with E-state index in [2.05, 4.69) is 29.2 Å². The summed E-state index contributed by atoms with van der Waals surface area (Å²) >= 11 is 0. The Morgan fingerprint density at radius 3 is 2.07 bits per heavy atom. The van der Waals surface area contributed by atoms with Crippen molar-refractivity contribution in [3.05, 3.63) is 118 Å². The molecule has 0 aromatic heterocycles. The number of amides is 1. The van der Waals surface area contributed by atoms with Gasteiger partial charge >= 0.3 is 5.97 Å². The second-order valence-corrected chi connectivity index (χ2v) is 19.3. The van der Waals surface area contributed by atoms with Crippen LogP contribution in [0.2, 0.25) is 0 Å². The number of nitrogens with zero attached hydrogens (tertiary/aromatic N) is 3. The van der Waals surface area contributed by atoms with Gasteiger partial charge in [-0.2, -0.15) is 0 Å². The Kier molecular flexibility index (Phi) is 20.3. The number of aliphatic hydroxyl groups is 1. The van der Waals surface area contributed by atoms with E-state index < -0.39 is 85.9 Å². The molecule has 0 radical (unpaired) electrons. The quantitative estimate of drug-likeness (QED) is 0.0303. The number of hydrogen-bond acceptors (Lipinski definition) is 13. The molecule has 4 fully saturated rings. The Morgan fingerprint density at radius 1 is 0.786 bits per heavy atom. The summed E-state index contributed by atoms with van der Waals surface area (Å²) in [6, 6.07) is 28.1. The van der Waals surface area contributed by atoms with Gasteiger partial charge in [0.1, 0.15) is 43.6 Å². The highest BCUT2D eigenvalue weighted by Crippen LogP contribution is 2.39. The average molecular weight is 973 g/mol. The Hall–Kier alpha value is -4.45. The van der Waals surface area contributed by atoms with Crippen LogP contribution in [0.5, 0.6) is 0 Å². The molecule has 7 rings (SSSR count). The van der Waals surface area contributed by atoms with Crippen molar-refractivity contribution in [1.29, 1.82) is 0 Å². The average Bonchev–Trinajstić information content (AvgIpc) is 3.39. The van der Waals surface area contributed by atoms with Crippen LogP contribution in [0.15, 0.2) is 96.1 Å². The van der Waals surface area contributed by atoms with E-state index in [1.165, 1.54) is 0 Å². The Labute approximate surface area is 414 Å². The maximum absolute atomic E-state index is 14.2. The van der Waals surface area contributed by atoms with Crippen molar-refractivity contribution in [2.45, 2.75) is 179 Å². The third-order valence-corrected chi connectivity index (χ3v) is 14.2. The number of rotatable bonds is 23. The predicted molar refractivity (Wildman–Crippen MR) is 259 cm³/mol. The van der Waals surface area contributed by atoms with E-state index in [4.69, 9.17) is 49.5 Å². The van der Waals surface area contributed by atoms with E-state index in [1.807, 2.05) is 97.9 Å². The molecule has 2 aliphatic carbocycles. The largest absolute Gasteiger partial charge is 0.459 e. The zero-order chi connectivity index (χ0) is 50.0. The van der Waals surface area contributed by atoms with Crippen LogP contribution in [0.25, 0.3) is 10.4 Å². The molecular formula is C54H74N4O12. The summed E-state index contributed by atoms with van der Waals surface area (Å²) in [5.74, 6) is -1.21. The van der Waals surface area contributed by atoms with Crippen molar-refractivity contribution in [2.75, 3.05) is 19.8 Å². The highest BCUT2D eigenvalue weighted by atomic mass is 16.7. The Morgan fingerprint density at radius 2 is 1.43 bits per heavy atom. The molecule has 1 amide bonds. The fraction of sp³-hybridized carbons (Fsp3) is 0.630. The summed E-state index contributed by atoms with van der Waals surface area (Å²) in [5, 5.41) is 18.6. The van der Waals surface area contributed by atoms with Crippen molar-refractivity contribution in [1.82, 2.24) is 5.32 Å². The van der Waals surface area contributed by atoms with Crippen LogP contribution in [-0.4, -0.2) is 110 Å². The summed E-state index contributed by atoms with van der Waals surface area (Å²) in [5.41, 5.74) is 12.0. The molecule has 0 bridgehead atoms. The van der Waals surface area contributed by atoms with Gasteiger partial charge in [-0.15, -0.1) is 0 Å². The van der Waals surface area contributed by atoms with E-state index in [-0.39, 0.29) is 50.6 Å². The second-order valence-electron chi connectivity index (χ2n) is 19.3. The fourth-order valence-corrected chi connectivity index (χ4v) is 10.2. The first kappa shape index (κ1) is 51.9.